The van der Waals surface area contributed by atoms with E-state index in [2.05, 4.69) is 252 Å². The minimum absolute atomic E-state index is 1.02. The third-order valence-electron chi connectivity index (χ3n) is 15.9. The Hall–Kier alpha value is -8.72. The molecule has 0 aliphatic heterocycles. The summed E-state index contributed by atoms with van der Waals surface area (Å²) in [6.45, 7) is 4.00. The second-order valence-electron chi connectivity index (χ2n) is 20.4. The molecule has 2 nitrogen and oxygen atoms in total. The molecule has 0 spiro atoms. The average Bonchev–Trinajstić information content (AvgIpc) is 3.84. The molecule has 0 amide bonds. The predicted molar refractivity (Wildman–Crippen MR) is 328 cm³/mol. The van der Waals surface area contributed by atoms with Crippen molar-refractivity contribution in [3.63, 3.8) is 0 Å². The molecule has 0 atom stereocenters. The highest BCUT2D eigenvalue weighted by Crippen LogP contribution is 2.40. The Labute approximate surface area is 447 Å². The zero-order chi connectivity index (χ0) is 51.0. The Morgan fingerprint density at radius 2 is 0.895 bits per heavy atom. The van der Waals surface area contributed by atoms with Crippen molar-refractivity contribution >= 4 is 67.8 Å². The van der Waals surface area contributed by atoms with E-state index in [9.17, 15) is 0 Å². The highest BCUT2D eigenvalue weighted by atomic mass is 15.1. The first kappa shape index (κ1) is 47.0. The van der Waals surface area contributed by atoms with Gasteiger partial charge in [-0.05, 0) is 212 Å². The first-order valence-electron chi connectivity index (χ1n) is 27.7. The highest BCUT2D eigenvalue weighted by molar-refractivity contribution is 6.12. The minimum atomic E-state index is 1.02. The summed E-state index contributed by atoms with van der Waals surface area (Å²) in [6, 6.07) is 68.6. The molecule has 0 saturated heterocycles. The van der Waals surface area contributed by atoms with Crippen molar-refractivity contribution in [3.05, 3.63) is 257 Å². The van der Waals surface area contributed by atoms with Crippen molar-refractivity contribution in [2.24, 2.45) is 0 Å². The van der Waals surface area contributed by atoms with Crippen LogP contribution in [0.4, 0.5) is 11.4 Å². The van der Waals surface area contributed by atoms with Crippen LogP contribution in [0, 0.1) is 0 Å². The van der Waals surface area contributed by atoms with E-state index in [0.29, 0.717) is 0 Å². The lowest BCUT2D eigenvalue weighted by Gasteiger charge is -2.28. The van der Waals surface area contributed by atoms with Crippen LogP contribution in [-0.2, 0) is 6.42 Å². The van der Waals surface area contributed by atoms with Gasteiger partial charge in [-0.25, -0.2) is 0 Å². The number of anilines is 2. The Morgan fingerprint density at radius 3 is 1.55 bits per heavy atom. The first-order valence-corrected chi connectivity index (χ1v) is 27.7. The quantitative estimate of drug-likeness (QED) is 0.140. The first-order chi connectivity index (χ1) is 37.7. The van der Waals surface area contributed by atoms with Crippen molar-refractivity contribution in [1.82, 2.24) is 4.57 Å². The van der Waals surface area contributed by atoms with Crippen LogP contribution in [0.25, 0.3) is 107 Å². The average molecular weight is 979 g/mol. The SMILES string of the molecule is C1=CC(c2ccc3c(c2)c2cc(-c4ccccc4)ccc2n3-c2ccc(N(C3=CCCC=C3)c3ccc(-c4ccc(-c5c6c(c(-c7ccc8c(c7)C=CCC8)c7ccccc57)=CCCC=6)cc4)cc3)cc2)=CCC1.CC. The van der Waals surface area contributed by atoms with Gasteiger partial charge in [0.1, 0.15) is 0 Å². The van der Waals surface area contributed by atoms with Crippen LogP contribution in [0.3, 0.4) is 0 Å². The van der Waals surface area contributed by atoms with Gasteiger partial charge in [-0.2, -0.15) is 0 Å². The molecule has 1 aromatic heterocycles. The molecule has 1 heterocycles. The van der Waals surface area contributed by atoms with Gasteiger partial charge < -0.3 is 9.47 Å². The zero-order valence-electron chi connectivity index (χ0n) is 43.6. The van der Waals surface area contributed by atoms with Crippen LogP contribution < -0.4 is 15.3 Å². The molecule has 0 bridgehead atoms. The summed E-state index contributed by atoms with van der Waals surface area (Å²) < 4.78 is 2.44. The molecule has 14 rings (SSSR count). The lowest BCUT2D eigenvalue weighted by atomic mass is 9.85. The van der Waals surface area contributed by atoms with E-state index in [1.165, 1.54) is 115 Å². The van der Waals surface area contributed by atoms with E-state index in [0.717, 1.165) is 68.4 Å². The summed E-state index contributed by atoms with van der Waals surface area (Å²) >= 11 is 0. The van der Waals surface area contributed by atoms with Crippen LogP contribution in [-0.4, -0.2) is 4.57 Å². The molecule has 4 aliphatic rings. The standard InChI is InChI=1S/C72H56N2.C2H6/c1-4-16-49(17-5-1)56-36-44-69-67(47-56)68-48-57(50-18-6-2-7-19-50)37-45-70(68)74(69)62-42-40-61(41-43-62)73(59-22-8-3-9-23-59)60-38-34-53(35-39-60)52-28-31-54(32-29-52)71-63-24-12-14-26-65(63)72(66-27-15-13-25-64(66)71)58-33-30-51-20-10-11-21-55(51)46-58;1-2/h1,4-6,8,11-12,14,16-19,21-48H,2-3,7,9-10,13,15,20H2;1-2H3. The topological polar surface area (TPSA) is 8.17 Å². The summed E-state index contributed by atoms with van der Waals surface area (Å²) in [5.41, 5.74) is 22.5. The summed E-state index contributed by atoms with van der Waals surface area (Å²) in [7, 11) is 0. The van der Waals surface area contributed by atoms with Gasteiger partial charge in [0.2, 0.25) is 0 Å². The van der Waals surface area contributed by atoms with Gasteiger partial charge in [-0.1, -0.05) is 184 Å². The Kier molecular flexibility index (Phi) is 12.7. The second kappa shape index (κ2) is 20.5. The lowest BCUT2D eigenvalue weighted by molar-refractivity contribution is 0.986. The van der Waals surface area contributed by atoms with Crippen LogP contribution in [0.2, 0.25) is 0 Å². The number of nitrogens with zero attached hydrogens (tertiary/aromatic N) is 2. The summed E-state index contributed by atoms with van der Waals surface area (Å²) in [6.07, 6.45) is 32.2. The van der Waals surface area contributed by atoms with Gasteiger partial charge in [0.05, 0.1) is 11.0 Å². The van der Waals surface area contributed by atoms with E-state index in [4.69, 9.17) is 0 Å². The van der Waals surface area contributed by atoms with Crippen molar-refractivity contribution in [1.29, 1.82) is 0 Å². The second-order valence-corrected chi connectivity index (χ2v) is 20.4. The zero-order valence-corrected chi connectivity index (χ0v) is 43.6. The van der Waals surface area contributed by atoms with Crippen molar-refractivity contribution in [2.45, 2.75) is 65.2 Å². The molecule has 10 aromatic rings. The highest BCUT2D eigenvalue weighted by Gasteiger charge is 2.21. The Morgan fingerprint density at radius 1 is 0.368 bits per heavy atom. The van der Waals surface area contributed by atoms with Crippen molar-refractivity contribution in [2.75, 3.05) is 4.90 Å². The third kappa shape index (κ3) is 8.58. The summed E-state index contributed by atoms with van der Waals surface area (Å²) in [5.74, 6) is 0. The van der Waals surface area contributed by atoms with E-state index < -0.39 is 0 Å². The Balaban J connectivity index is 0.00000274. The van der Waals surface area contributed by atoms with Crippen LogP contribution in [0.1, 0.15) is 75.5 Å². The van der Waals surface area contributed by atoms with Gasteiger partial charge >= 0.3 is 0 Å². The van der Waals surface area contributed by atoms with Crippen LogP contribution in [0.5, 0.6) is 0 Å². The molecule has 0 fully saturated rings. The van der Waals surface area contributed by atoms with Crippen molar-refractivity contribution in [3.8, 4) is 50.2 Å². The smallest absolute Gasteiger partial charge is 0.0541 e. The normalized spacial score (nSPS) is 14.5. The molecule has 0 unspecified atom stereocenters. The van der Waals surface area contributed by atoms with E-state index in [1.807, 2.05) is 13.8 Å². The molecule has 2 heteroatoms. The number of rotatable bonds is 9. The number of aryl methyl sites for hydroxylation is 1. The number of aromatic nitrogens is 1. The number of hydrogen-bond donors (Lipinski definition) is 0. The number of hydrogen-bond acceptors (Lipinski definition) is 1. The molecule has 0 radical (unpaired) electrons. The van der Waals surface area contributed by atoms with E-state index in [1.54, 1.807) is 0 Å². The maximum atomic E-state index is 2.48. The molecule has 9 aromatic carbocycles. The molecule has 368 valence electrons. The molecule has 0 saturated carbocycles. The predicted octanol–water partition coefficient (Wildman–Crippen LogP) is 19.1. The summed E-state index contributed by atoms with van der Waals surface area (Å²) in [5, 5.41) is 7.89. The van der Waals surface area contributed by atoms with E-state index >= 15 is 0 Å². The maximum Gasteiger partial charge on any atom is 0.0541 e. The number of fused-ring (bicyclic) bond motifs is 6. The fourth-order valence-corrected chi connectivity index (χ4v) is 12.3. The third-order valence-corrected chi connectivity index (χ3v) is 15.9. The van der Waals surface area contributed by atoms with Gasteiger partial charge in [0.15, 0.2) is 0 Å². The maximum absolute atomic E-state index is 2.48. The van der Waals surface area contributed by atoms with Gasteiger partial charge in [0.25, 0.3) is 0 Å². The van der Waals surface area contributed by atoms with Gasteiger partial charge in [-0.15, -0.1) is 0 Å². The fraction of sp³-hybridized carbons (Fsp3) is 0.135. The van der Waals surface area contributed by atoms with E-state index in [-0.39, 0.29) is 0 Å². The molecule has 4 aliphatic carbocycles. The molecule has 76 heavy (non-hydrogen) atoms. The van der Waals surface area contributed by atoms with Crippen molar-refractivity contribution < 1.29 is 0 Å². The molecule has 0 N–H and O–H groups in total. The van der Waals surface area contributed by atoms with Gasteiger partial charge in [-0.3, -0.25) is 0 Å². The number of allylic oxidation sites excluding steroid dienone is 8. The summed E-state index contributed by atoms with van der Waals surface area (Å²) in [4.78, 5) is 2.41. The number of benzene rings is 9. The molecular weight excluding hydrogens is 917 g/mol. The van der Waals surface area contributed by atoms with Crippen LogP contribution >= 0.6 is 0 Å². The Bertz CT molecular complexity index is 4140. The van der Waals surface area contributed by atoms with Crippen LogP contribution in [0.15, 0.2) is 230 Å². The minimum Gasteiger partial charge on any atom is -0.311 e. The monoisotopic (exact) mass is 978 g/mol. The molecular formula is C74H62N2. The largest absolute Gasteiger partial charge is 0.311 e. The lowest BCUT2D eigenvalue weighted by Crippen LogP contribution is -2.31. The van der Waals surface area contributed by atoms with Gasteiger partial charge in [0, 0.05) is 33.5 Å². The fourth-order valence-electron chi connectivity index (χ4n) is 12.3.